The average Bonchev–Trinajstić information content (AvgIpc) is 2.99. The zero-order chi connectivity index (χ0) is 19.7. The highest BCUT2D eigenvalue weighted by molar-refractivity contribution is 6.30. The molecule has 2 amide bonds. The molecule has 2 N–H and O–H groups in total. The van der Waals surface area contributed by atoms with Crippen molar-refractivity contribution < 1.29 is 18.9 Å². The second-order valence-corrected chi connectivity index (χ2v) is 7.82. The van der Waals surface area contributed by atoms with Crippen molar-refractivity contribution >= 4 is 34.8 Å². The normalized spacial score (nSPS) is 25.2. The lowest BCUT2D eigenvalue weighted by molar-refractivity contribution is -0.919. The lowest BCUT2D eigenvalue weighted by Crippen LogP contribution is -3.17. The van der Waals surface area contributed by atoms with Crippen LogP contribution in [-0.4, -0.2) is 37.0 Å². The minimum Gasteiger partial charge on any atom is -0.382 e. The molecule has 2 saturated heterocycles. The molecule has 2 heterocycles. The van der Waals surface area contributed by atoms with E-state index in [-0.39, 0.29) is 30.1 Å². The third-order valence-electron chi connectivity index (χ3n) is 5.57. The van der Waals surface area contributed by atoms with Gasteiger partial charge in [-0.25, -0.2) is 9.29 Å². The number of benzene rings is 2. The zero-order valence-corrected chi connectivity index (χ0v) is 16.1. The number of amides is 2. The van der Waals surface area contributed by atoms with Crippen LogP contribution < -0.4 is 15.1 Å². The van der Waals surface area contributed by atoms with Crippen LogP contribution in [0.5, 0.6) is 0 Å². The highest BCUT2D eigenvalue weighted by Crippen LogP contribution is 2.23. The third-order valence-corrected chi connectivity index (χ3v) is 5.82. The average molecular weight is 403 g/mol. The molecule has 2 aromatic carbocycles. The molecular weight excluding hydrogens is 381 g/mol. The van der Waals surface area contributed by atoms with E-state index in [4.69, 9.17) is 11.6 Å². The van der Waals surface area contributed by atoms with Gasteiger partial charge in [0.25, 0.3) is 5.91 Å². The number of nitrogens with zero attached hydrogens (tertiary/aromatic N) is 1. The summed E-state index contributed by atoms with van der Waals surface area (Å²) in [5.74, 6) is -0.786. The molecule has 5 nitrogen and oxygen atoms in total. The van der Waals surface area contributed by atoms with Crippen LogP contribution in [-0.2, 0) is 9.59 Å². The number of anilines is 2. The third kappa shape index (κ3) is 3.88. The van der Waals surface area contributed by atoms with E-state index in [2.05, 4.69) is 5.32 Å². The fraction of sp³-hybridized carbons (Fsp3) is 0.333. The summed E-state index contributed by atoms with van der Waals surface area (Å²) >= 11 is 5.92. The number of likely N-dealkylation sites (tertiary alicyclic amines) is 1. The topological polar surface area (TPSA) is 53.9 Å². The Bertz CT molecular complexity index is 864. The van der Waals surface area contributed by atoms with E-state index >= 15 is 0 Å². The van der Waals surface area contributed by atoms with Crippen molar-refractivity contribution in [2.24, 2.45) is 0 Å². The number of hydrogen-bond donors (Lipinski definition) is 2. The van der Waals surface area contributed by atoms with Crippen molar-refractivity contribution in [2.75, 3.05) is 23.3 Å². The van der Waals surface area contributed by atoms with Gasteiger partial charge < -0.3 is 10.2 Å². The van der Waals surface area contributed by atoms with Crippen molar-refractivity contribution in [3.8, 4) is 0 Å². The number of carbonyl (C=O) groups excluding carboxylic acids is 2. The van der Waals surface area contributed by atoms with E-state index < -0.39 is 0 Å². The Kier molecular flexibility index (Phi) is 5.33. The van der Waals surface area contributed by atoms with Crippen LogP contribution in [0.1, 0.15) is 19.3 Å². The van der Waals surface area contributed by atoms with E-state index in [0.29, 0.717) is 16.8 Å². The molecule has 7 heteroatoms. The van der Waals surface area contributed by atoms with Gasteiger partial charge in [0.05, 0.1) is 25.2 Å². The summed E-state index contributed by atoms with van der Waals surface area (Å²) < 4.78 is 13.1. The van der Waals surface area contributed by atoms with E-state index in [1.807, 2.05) is 24.3 Å². The minimum absolute atomic E-state index is 0.185. The molecule has 28 heavy (non-hydrogen) atoms. The van der Waals surface area contributed by atoms with Crippen molar-refractivity contribution in [1.29, 1.82) is 0 Å². The van der Waals surface area contributed by atoms with Gasteiger partial charge in [-0.05, 0) is 48.5 Å². The molecule has 4 rings (SSSR count). The summed E-state index contributed by atoms with van der Waals surface area (Å²) in [5.41, 5.74) is 1.48. The van der Waals surface area contributed by atoms with Crippen LogP contribution >= 0.6 is 11.6 Å². The lowest BCUT2D eigenvalue weighted by Gasteiger charge is -2.32. The molecule has 2 aliphatic rings. The van der Waals surface area contributed by atoms with E-state index in [1.54, 1.807) is 0 Å². The maximum atomic E-state index is 13.1. The standard InChI is InChI=1S/C21H21ClFN3O2/c22-14-1-5-16(6-2-14)24-17-9-11-25(12-10-17)19-13-20(27)26(21(19)28)18-7-3-15(23)4-8-18/h1-8,17,19,24H,9-13H2/p+1/t19-/m1/s1. The number of piperidine rings is 1. The van der Waals surface area contributed by atoms with Gasteiger partial charge in [0.15, 0.2) is 6.04 Å². The fourth-order valence-corrected chi connectivity index (χ4v) is 4.20. The Morgan fingerprint density at radius 2 is 1.64 bits per heavy atom. The van der Waals surface area contributed by atoms with Gasteiger partial charge in [-0.1, -0.05) is 11.6 Å². The Morgan fingerprint density at radius 3 is 2.29 bits per heavy atom. The molecular formula is C21H22ClFN3O2+. The molecule has 1 atom stereocenters. The van der Waals surface area contributed by atoms with Crippen LogP contribution in [0.15, 0.2) is 48.5 Å². The first-order valence-electron chi connectivity index (χ1n) is 9.50. The van der Waals surface area contributed by atoms with Crippen LogP contribution in [0.25, 0.3) is 0 Å². The Balaban J connectivity index is 1.37. The van der Waals surface area contributed by atoms with Gasteiger partial charge >= 0.3 is 0 Å². The first-order chi connectivity index (χ1) is 13.5. The molecule has 2 aliphatic heterocycles. The Labute approximate surface area is 168 Å². The van der Waals surface area contributed by atoms with Gasteiger partial charge in [0.1, 0.15) is 5.82 Å². The summed E-state index contributed by atoms with van der Waals surface area (Å²) in [6.45, 7) is 1.65. The van der Waals surface area contributed by atoms with E-state index in [9.17, 15) is 14.0 Å². The number of imide groups is 1. The van der Waals surface area contributed by atoms with Crippen molar-refractivity contribution in [3.05, 3.63) is 59.4 Å². The Hall–Kier alpha value is -2.44. The molecule has 146 valence electrons. The summed E-state index contributed by atoms with van der Waals surface area (Å²) in [4.78, 5) is 27.7. The largest absolute Gasteiger partial charge is 0.382 e. The van der Waals surface area contributed by atoms with Gasteiger partial charge in [0.2, 0.25) is 5.91 Å². The first kappa shape index (κ1) is 18.9. The van der Waals surface area contributed by atoms with E-state index in [0.717, 1.165) is 36.5 Å². The number of carbonyl (C=O) groups is 2. The zero-order valence-electron chi connectivity index (χ0n) is 15.3. The molecule has 0 radical (unpaired) electrons. The number of hydrogen-bond acceptors (Lipinski definition) is 3. The number of quaternary nitrogens is 1. The number of rotatable bonds is 4. The van der Waals surface area contributed by atoms with Crippen molar-refractivity contribution in [2.45, 2.75) is 31.3 Å². The predicted molar refractivity (Wildman–Crippen MR) is 106 cm³/mol. The van der Waals surface area contributed by atoms with Crippen molar-refractivity contribution in [1.82, 2.24) is 0 Å². The summed E-state index contributed by atoms with van der Waals surface area (Å²) in [6, 6.07) is 13.1. The summed E-state index contributed by atoms with van der Waals surface area (Å²) in [6.07, 6.45) is 2.06. The highest BCUT2D eigenvalue weighted by Gasteiger charge is 2.46. The monoisotopic (exact) mass is 402 g/mol. The quantitative estimate of drug-likeness (QED) is 0.771. The molecule has 2 fully saturated rings. The molecule has 0 aliphatic carbocycles. The van der Waals surface area contributed by atoms with Gasteiger partial charge in [-0.15, -0.1) is 0 Å². The maximum Gasteiger partial charge on any atom is 0.292 e. The Morgan fingerprint density at radius 1 is 1.00 bits per heavy atom. The maximum absolute atomic E-state index is 13.1. The molecule has 0 unspecified atom stereocenters. The lowest BCUT2D eigenvalue weighted by atomic mass is 10.0. The number of nitrogens with one attached hydrogen (secondary N) is 2. The van der Waals surface area contributed by atoms with E-state index in [1.165, 1.54) is 29.2 Å². The number of halogens is 2. The van der Waals surface area contributed by atoms with Crippen LogP contribution in [0, 0.1) is 5.82 Å². The molecule has 0 spiro atoms. The predicted octanol–water partition coefficient (Wildman–Crippen LogP) is 2.27. The fourth-order valence-electron chi connectivity index (χ4n) is 4.08. The summed E-state index contributed by atoms with van der Waals surface area (Å²) in [5, 5.41) is 4.22. The van der Waals surface area contributed by atoms with Crippen LogP contribution in [0.4, 0.5) is 15.8 Å². The van der Waals surface area contributed by atoms with Crippen LogP contribution in [0.3, 0.4) is 0 Å². The van der Waals surface area contributed by atoms with Gasteiger partial charge in [-0.2, -0.15) is 0 Å². The smallest absolute Gasteiger partial charge is 0.292 e. The summed E-state index contributed by atoms with van der Waals surface area (Å²) in [7, 11) is 0. The first-order valence-corrected chi connectivity index (χ1v) is 9.88. The molecule has 0 saturated carbocycles. The van der Waals surface area contributed by atoms with Gasteiger partial charge in [0, 0.05) is 29.6 Å². The van der Waals surface area contributed by atoms with Crippen molar-refractivity contribution in [3.63, 3.8) is 0 Å². The minimum atomic E-state index is -0.389. The molecule has 0 aromatic heterocycles. The van der Waals surface area contributed by atoms with Crippen LogP contribution in [0.2, 0.25) is 5.02 Å². The SMILES string of the molecule is O=C1C[C@@H]([NH+]2CCC(Nc3ccc(Cl)cc3)CC2)C(=O)N1c1ccc(F)cc1. The molecule has 0 bridgehead atoms. The molecule has 2 aromatic rings. The second-order valence-electron chi connectivity index (χ2n) is 7.38. The van der Waals surface area contributed by atoms with Gasteiger partial charge in [-0.3, -0.25) is 9.59 Å². The highest BCUT2D eigenvalue weighted by atomic mass is 35.5. The second kappa shape index (κ2) is 7.89.